The van der Waals surface area contributed by atoms with E-state index in [9.17, 15) is 30.7 Å². The van der Waals surface area contributed by atoms with Gasteiger partial charge in [0.15, 0.2) is 5.71 Å². The highest BCUT2D eigenvalue weighted by Gasteiger charge is 2.56. The second-order valence-electron chi connectivity index (χ2n) is 27.6. The molecular formula is C65H93I6N10O8S2+3. The molecule has 8 aliphatic heterocycles. The Morgan fingerprint density at radius 3 is 1.66 bits per heavy atom. The minimum Gasteiger partial charge on any atom is -0.748 e. The normalized spacial score (nSPS) is 25.6. The fourth-order valence-electron chi connectivity index (χ4n) is 16.6. The van der Waals surface area contributed by atoms with E-state index in [-0.39, 0.29) is 18.2 Å². The van der Waals surface area contributed by atoms with Crippen molar-refractivity contribution in [3.8, 4) is 0 Å². The number of fused-ring (bicyclic) bond motifs is 2. The summed E-state index contributed by atoms with van der Waals surface area (Å²) in [6, 6.07) is 4.15. The van der Waals surface area contributed by atoms with Crippen LogP contribution in [0.25, 0.3) is 0 Å². The maximum atomic E-state index is 15.6. The molecule has 2 amide bonds. The van der Waals surface area contributed by atoms with Crippen LogP contribution in [0.1, 0.15) is 89.7 Å². The van der Waals surface area contributed by atoms with Crippen molar-refractivity contribution in [1.29, 1.82) is 0 Å². The number of amides is 2. The smallest absolute Gasteiger partial charge is 0.227 e. The first-order valence-corrected chi connectivity index (χ1v) is 42.6. The van der Waals surface area contributed by atoms with Gasteiger partial charge in [-0.2, -0.15) is 4.58 Å². The molecule has 0 aromatic heterocycles. The molecule has 2 aromatic carbocycles. The second-order valence-corrected chi connectivity index (χ2v) is 37.2. The molecule has 4 spiro atoms. The van der Waals surface area contributed by atoms with E-state index in [4.69, 9.17) is 0 Å². The lowest BCUT2D eigenvalue weighted by Gasteiger charge is -2.53. The average Bonchev–Trinajstić information content (AvgIpc) is 1.57. The zero-order valence-corrected chi connectivity index (χ0v) is 67.7. The second kappa shape index (κ2) is 30.7. The molecule has 18 nitrogen and oxygen atoms in total. The van der Waals surface area contributed by atoms with Gasteiger partial charge in [-0.15, -0.1) is 0 Å². The summed E-state index contributed by atoms with van der Waals surface area (Å²) in [4.78, 5) is 35.2. The van der Waals surface area contributed by atoms with E-state index < -0.39 is 48.6 Å². The third kappa shape index (κ3) is 16.5. The quantitative estimate of drug-likeness (QED) is 0.0233. The summed E-state index contributed by atoms with van der Waals surface area (Å²) in [5.41, 5.74) is 3.83. The van der Waals surface area contributed by atoms with Crippen LogP contribution in [0.3, 0.4) is 0 Å². The van der Waals surface area contributed by atoms with Crippen molar-refractivity contribution in [2.24, 2.45) is 5.92 Å². The third-order valence-electron chi connectivity index (χ3n) is 22.3. The number of rotatable bonds is 21. The van der Waals surface area contributed by atoms with Crippen LogP contribution >= 0.6 is 136 Å². The van der Waals surface area contributed by atoms with E-state index in [1.165, 1.54) is 80.0 Å². The summed E-state index contributed by atoms with van der Waals surface area (Å²) < 4.78 is 88.4. The number of hydrogen-bond acceptors (Lipinski definition) is 11. The molecule has 3 atom stereocenters. The van der Waals surface area contributed by atoms with Crippen molar-refractivity contribution in [1.82, 2.24) is 20.4 Å². The highest BCUT2D eigenvalue weighted by atomic mass is 127. The first kappa shape index (κ1) is 73.5. The molecule has 2 N–H and O–H groups in total. The van der Waals surface area contributed by atoms with Gasteiger partial charge in [0.05, 0.1) is 106 Å². The number of hydrogen-bond donors (Lipinski definition) is 2. The third-order valence-corrected chi connectivity index (χ3v) is 33.9. The van der Waals surface area contributed by atoms with Crippen LogP contribution in [0.5, 0.6) is 0 Å². The molecule has 0 bridgehead atoms. The standard InChI is InChI=1S/C65H93I6N10O8S2/c1-4-5-15-49(63(83)75-27-35-81(36-28-75)43-39-79(40-44-81)31-22-73-23-32-79)65(3)55(77(48-91(87,88)89)53-47-51(67)60(69)62(71)58(53)65)17-11-8-6-7-10-16-54-64(2,57-52(46-50(66)59(68)61(57)70)76(54)24-14-45-90(84,85)86)19-13-9-12-18-56(82)74-25-33-80(34-26-74)41-37-78(38-42-80)29-20-72-21-30-78/h6-8,10-11,16-17,46-47,49,72-73H,4-5,9,12-15,18-45,48H2,1-3H3/q+3. The Morgan fingerprint density at radius 1 is 0.615 bits per heavy atom. The first-order valence-electron chi connectivity index (χ1n) is 33.0. The lowest BCUT2D eigenvalue weighted by molar-refractivity contribution is -1.03. The van der Waals surface area contributed by atoms with Gasteiger partial charge in [0.2, 0.25) is 17.5 Å². The van der Waals surface area contributed by atoms with Crippen LogP contribution in [-0.4, -0.2) is 251 Å². The molecule has 8 heterocycles. The minimum atomic E-state index is -4.80. The molecule has 0 radical (unpaired) electrons. The number of nitrogens with one attached hydrogen (secondary N) is 2. The number of nitrogens with zero attached hydrogens (tertiary/aromatic N) is 8. The van der Waals surface area contributed by atoms with Gasteiger partial charge in [0.1, 0.15) is 74.9 Å². The van der Waals surface area contributed by atoms with Crippen LogP contribution in [0.2, 0.25) is 0 Å². The molecule has 3 unspecified atom stereocenters. The maximum absolute atomic E-state index is 15.6. The fourth-order valence-corrected chi connectivity index (χ4v) is 22.9. The van der Waals surface area contributed by atoms with Crippen LogP contribution in [0, 0.1) is 27.3 Å². The SMILES string of the molecule is CCCCC(C(=O)N1CC[N+]2(CC1)CC[N+]1(CCNCC1)CC2)C1(C)/C(=C/C=C/C=C/C=C/C2=[N+](CCCS(=O)(=O)[O-])c3cc(I)c(I)c(I)c3C2(C)CCCCCC(=O)N2CC[N+]3(CC2)CC[N+]2(CCNCC2)CC3)N(CS(=O)(=O)[O-])c2cc(I)c(I)c(I)c21. The van der Waals surface area contributed by atoms with Crippen molar-refractivity contribution < 1.29 is 58.0 Å². The summed E-state index contributed by atoms with van der Waals surface area (Å²) in [5, 5.41) is 7.08. The molecule has 91 heavy (non-hydrogen) atoms. The van der Waals surface area contributed by atoms with E-state index >= 15 is 4.79 Å². The van der Waals surface area contributed by atoms with Crippen LogP contribution < -0.4 is 15.5 Å². The van der Waals surface area contributed by atoms with Gasteiger partial charge in [0, 0.05) is 101 Å². The Morgan fingerprint density at radius 2 is 1.12 bits per heavy atom. The predicted octanol–water partition coefficient (Wildman–Crippen LogP) is 8.38. The Kier molecular flexibility index (Phi) is 24.8. The zero-order valence-electron chi connectivity index (χ0n) is 53.2. The average molecular weight is 1970 g/mol. The van der Waals surface area contributed by atoms with Gasteiger partial charge in [-0.05, 0) is 181 Å². The summed E-state index contributed by atoms with van der Waals surface area (Å²) in [6.45, 7) is 32.6. The topological polar surface area (TPSA) is 185 Å². The number of unbranched alkanes of at least 4 members (excludes halogenated alkanes) is 3. The number of carbonyl (C=O) groups is 2. The zero-order chi connectivity index (χ0) is 65.2. The number of halogens is 6. The summed E-state index contributed by atoms with van der Waals surface area (Å²) in [7, 11) is -9.25. The largest absolute Gasteiger partial charge is 0.748 e. The molecule has 0 saturated carbocycles. The summed E-state index contributed by atoms with van der Waals surface area (Å²) >= 11 is 14.3. The van der Waals surface area contributed by atoms with Crippen molar-refractivity contribution in [2.75, 3.05) is 180 Å². The van der Waals surface area contributed by atoms with Crippen molar-refractivity contribution in [3.05, 3.63) is 92.9 Å². The maximum Gasteiger partial charge on any atom is 0.227 e. The molecule has 6 saturated heterocycles. The fraction of sp³-hybridized carbons (Fsp3) is 0.646. The van der Waals surface area contributed by atoms with Gasteiger partial charge in [-0.1, -0.05) is 63.0 Å². The van der Waals surface area contributed by atoms with Crippen LogP contribution in [-0.2, 0) is 40.7 Å². The summed E-state index contributed by atoms with van der Waals surface area (Å²) in [6.07, 6.45) is 19.9. The number of quaternary nitrogens is 4. The highest BCUT2D eigenvalue weighted by molar-refractivity contribution is 14.1. The Labute approximate surface area is 624 Å². The van der Waals surface area contributed by atoms with Gasteiger partial charge in [-0.3, -0.25) is 9.59 Å². The van der Waals surface area contributed by atoms with E-state index in [0.29, 0.717) is 43.9 Å². The lowest BCUT2D eigenvalue weighted by atomic mass is 9.68. The molecule has 10 rings (SSSR count). The van der Waals surface area contributed by atoms with Gasteiger partial charge in [0.25, 0.3) is 0 Å². The van der Waals surface area contributed by atoms with Crippen LogP contribution in [0.15, 0.2) is 60.4 Å². The van der Waals surface area contributed by atoms with Crippen molar-refractivity contribution in [3.63, 3.8) is 0 Å². The van der Waals surface area contributed by atoms with Crippen molar-refractivity contribution >= 4 is 185 Å². The van der Waals surface area contributed by atoms with Crippen molar-refractivity contribution in [2.45, 2.75) is 89.4 Å². The minimum absolute atomic E-state index is 0.0825. The Bertz CT molecular complexity index is 3430. The molecule has 26 heteroatoms. The Hall–Kier alpha value is -0.230. The molecule has 6 fully saturated rings. The highest BCUT2D eigenvalue weighted by Crippen LogP contribution is 2.57. The number of anilines is 1. The lowest BCUT2D eigenvalue weighted by Crippen LogP contribution is -2.73. The molecule has 0 aliphatic carbocycles. The molecule has 502 valence electrons. The van der Waals surface area contributed by atoms with E-state index in [1.807, 2.05) is 42.5 Å². The first-order chi connectivity index (χ1) is 43.2. The van der Waals surface area contributed by atoms with E-state index in [0.717, 1.165) is 164 Å². The number of carbonyl (C=O) groups excluding carboxylic acids is 2. The molecular weight excluding hydrogens is 1870 g/mol. The number of allylic oxidation sites excluding steroid dienone is 8. The molecule has 2 aromatic rings. The number of benzene rings is 2. The van der Waals surface area contributed by atoms with Crippen LogP contribution in [0.4, 0.5) is 11.4 Å². The van der Waals surface area contributed by atoms with E-state index in [2.05, 4.69) is 193 Å². The summed E-state index contributed by atoms with van der Waals surface area (Å²) in [5.74, 6) is -1.45. The predicted molar refractivity (Wildman–Crippen MR) is 409 cm³/mol. The van der Waals surface area contributed by atoms with Gasteiger partial charge in [-0.25, -0.2) is 16.8 Å². The monoisotopic (exact) mass is 1970 g/mol. The Balaban J connectivity index is 0.881. The van der Waals surface area contributed by atoms with Gasteiger partial charge < -0.3 is 52.4 Å². The number of piperazine rings is 6. The van der Waals surface area contributed by atoms with E-state index in [1.54, 1.807) is 4.90 Å². The van der Waals surface area contributed by atoms with Gasteiger partial charge >= 0.3 is 0 Å². The molecule has 8 aliphatic rings.